The van der Waals surface area contributed by atoms with Gasteiger partial charge in [0.25, 0.3) is 0 Å². The molecule has 5 atom stereocenters. The molecular weight excluding hydrogens is 652 g/mol. The first kappa shape index (κ1) is 36.0. The molecule has 1 fully saturated rings. The summed E-state index contributed by atoms with van der Waals surface area (Å²) in [4.78, 5) is 31.0. The molecule has 1 amide bonds. The van der Waals surface area contributed by atoms with Crippen LogP contribution in [0, 0.1) is 11.8 Å². The van der Waals surface area contributed by atoms with Crippen molar-refractivity contribution >= 4 is 37.5 Å². The van der Waals surface area contributed by atoms with Gasteiger partial charge in [0.05, 0.1) is 31.4 Å². The Balaban J connectivity index is 1.44. The van der Waals surface area contributed by atoms with E-state index in [9.17, 15) is 9.59 Å². The summed E-state index contributed by atoms with van der Waals surface area (Å²) >= 11 is 6.50. The fourth-order valence-corrected chi connectivity index (χ4v) is 9.59. The smallest absolute Gasteiger partial charge is 0.313 e. The van der Waals surface area contributed by atoms with Crippen molar-refractivity contribution < 1.29 is 23.5 Å². The number of aryl methyl sites for hydroxylation is 1. The highest BCUT2D eigenvalue weighted by molar-refractivity contribution is 6.74. The molecule has 1 saturated carbocycles. The van der Waals surface area contributed by atoms with Crippen molar-refractivity contribution in [3.05, 3.63) is 70.3 Å². The molecule has 0 radical (unpaired) electrons. The van der Waals surface area contributed by atoms with Gasteiger partial charge in [0.1, 0.15) is 5.75 Å². The molecule has 2 aromatic rings. The van der Waals surface area contributed by atoms with Crippen molar-refractivity contribution in [2.45, 2.75) is 101 Å². The van der Waals surface area contributed by atoms with E-state index in [1.807, 2.05) is 25.2 Å². The van der Waals surface area contributed by atoms with Crippen molar-refractivity contribution in [3.8, 4) is 5.75 Å². The van der Waals surface area contributed by atoms with Crippen LogP contribution in [0.25, 0.3) is 0 Å². The predicted octanol–water partition coefficient (Wildman–Crippen LogP) is 8.29. The average Bonchev–Trinajstić information content (AvgIpc) is 3.18. The largest absolute Gasteiger partial charge is 0.490 e. The van der Waals surface area contributed by atoms with Gasteiger partial charge in [-0.25, -0.2) is 0 Å². The third kappa shape index (κ3) is 7.34. The second-order valence-corrected chi connectivity index (χ2v) is 21.7. The highest BCUT2D eigenvalue weighted by Gasteiger charge is 2.47. The number of fused-ring (bicyclic) bond motifs is 4. The number of carbonyl (C=O) groups is 2. The van der Waals surface area contributed by atoms with Crippen LogP contribution in [0.2, 0.25) is 23.2 Å². The lowest BCUT2D eigenvalue weighted by Gasteiger charge is -2.48. The Morgan fingerprint density at radius 3 is 2.63 bits per heavy atom. The normalized spacial score (nSPS) is 28.4. The molecule has 2 aliphatic heterocycles. The number of carbonyl (C=O) groups excluding carboxylic acids is 2. The maximum absolute atomic E-state index is 13.5. The van der Waals surface area contributed by atoms with E-state index < -0.39 is 20.2 Å². The molecule has 2 bridgehead atoms. The van der Waals surface area contributed by atoms with Crippen molar-refractivity contribution in [1.82, 2.24) is 4.90 Å². The lowest BCUT2D eigenvalue weighted by atomic mass is 9.68. The molecule has 266 valence electrons. The van der Waals surface area contributed by atoms with Gasteiger partial charge in [-0.1, -0.05) is 56.7 Å². The maximum atomic E-state index is 13.5. The zero-order valence-electron chi connectivity index (χ0n) is 30.5. The van der Waals surface area contributed by atoms with Crippen LogP contribution in [0.15, 0.2) is 48.6 Å². The third-order valence-corrected chi connectivity index (χ3v) is 17.0. The summed E-state index contributed by atoms with van der Waals surface area (Å²) in [5, 5.41) is 0.870. The Bertz CT molecular complexity index is 1590. The van der Waals surface area contributed by atoms with Gasteiger partial charge >= 0.3 is 5.97 Å². The van der Waals surface area contributed by atoms with Gasteiger partial charge in [-0.15, -0.1) is 0 Å². The minimum atomic E-state index is -2.06. The summed E-state index contributed by atoms with van der Waals surface area (Å²) in [6.07, 6.45) is 10.7. The zero-order chi connectivity index (χ0) is 35.1. The first-order valence-electron chi connectivity index (χ1n) is 18.2. The quantitative estimate of drug-likeness (QED) is 0.182. The Morgan fingerprint density at radius 2 is 1.92 bits per heavy atom. The van der Waals surface area contributed by atoms with Gasteiger partial charge < -0.3 is 23.7 Å². The summed E-state index contributed by atoms with van der Waals surface area (Å²) in [6.45, 7) is 14.4. The Morgan fingerprint density at radius 1 is 1.12 bits per heavy atom. The van der Waals surface area contributed by atoms with Crippen LogP contribution in [0.5, 0.6) is 5.75 Å². The minimum absolute atomic E-state index is 0.0257. The van der Waals surface area contributed by atoms with E-state index in [2.05, 4.69) is 69.1 Å². The van der Waals surface area contributed by atoms with Crippen LogP contribution >= 0.6 is 11.6 Å². The summed E-state index contributed by atoms with van der Waals surface area (Å²) in [5.41, 5.74) is 4.21. The van der Waals surface area contributed by atoms with E-state index in [1.54, 1.807) is 4.90 Å². The fraction of sp³-hybridized carbons (Fsp3) is 0.600. The summed E-state index contributed by atoms with van der Waals surface area (Å²) in [7, 11) is 1.16. The number of hydrogen-bond donors (Lipinski definition) is 0. The molecule has 0 aromatic heterocycles. The lowest BCUT2D eigenvalue weighted by Crippen LogP contribution is -2.52. The molecule has 0 unspecified atom stereocenters. The summed E-state index contributed by atoms with van der Waals surface area (Å²) in [5.74, 6) is 0.466. The van der Waals surface area contributed by atoms with Crippen molar-refractivity contribution in [1.29, 1.82) is 0 Å². The number of methoxy groups -OCH3 is 1. The molecule has 6 rings (SSSR count). The number of halogens is 1. The van der Waals surface area contributed by atoms with Crippen LogP contribution in [-0.4, -0.2) is 71.6 Å². The molecule has 2 aromatic carbocycles. The van der Waals surface area contributed by atoms with E-state index in [-0.39, 0.29) is 28.9 Å². The predicted molar refractivity (Wildman–Crippen MR) is 199 cm³/mol. The number of hydrogen-bond acceptors (Lipinski definition) is 6. The number of esters is 1. The second kappa shape index (κ2) is 14.1. The second-order valence-electron chi connectivity index (χ2n) is 16.5. The van der Waals surface area contributed by atoms with Crippen LogP contribution in [0.3, 0.4) is 0 Å². The zero-order valence-corrected chi connectivity index (χ0v) is 32.3. The SMILES string of the molecule is COC(=O)[C@H]1CC(=O)N(C)CC/C=C\[C@H](O[Si](C)(C)C(C)(C)C)[C@@H]2CC[C@H]2CN2C[C@@]3(CCCc4cc(Cl)ccc43)COc3ccc1cc32. The van der Waals surface area contributed by atoms with Gasteiger partial charge in [0.2, 0.25) is 5.91 Å². The monoisotopic (exact) mass is 706 g/mol. The first-order valence-corrected chi connectivity index (χ1v) is 21.5. The summed E-state index contributed by atoms with van der Waals surface area (Å²) in [6, 6.07) is 12.4. The van der Waals surface area contributed by atoms with Crippen LogP contribution in [0.4, 0.5) is 5.69 Å². The topological polar surface area (TPSA) is 68.3 Å². The minimum Gasteiger partial charge on any atom is -0.490 e. The number of benzene rings is 2. The number of anilines is 1. The molecule has 9 heteroatoms. The molecule has 2 heterocycles. The van der Waals surface area contributed by atoms with E-state index in [0.717, 1.165) is 73.6 Å². The number of ether oxygens (including phenoxy) is 2. The Kier molecular flexibility index (Phi) is 10.3. The molecule has 49 heavy (non-hydrogen) atoms. The molecular formula is C40H55ClN2O5Si. The van der Waals surface area contributed by atoms with E-state index in [1.165, 1.54) is 18.2 Å². The van der Waals surface area contributed by atoms with Gasteiger partial charge in [-0.05, 0) is 109 Å². The number of nitrogens with zero attached hydrogens (tertiary/aromatic N) is 2. The lowest BCUT2D eigenvalue weighted by molar-refractivity contribution is -0.145. The summed E-state index contributed by atoms with van der Waals surface area (Å²) < 4.78 is 19.2. The molecule has 0 saturated heterocycles. The fourth-order valence-electron chi connectivity index (χ4n) is 8.10. The maximum Gasteiger partial charge on any atom is 0.313 e. The molecule has 1 spiro atoms. The van der Waals surface area contributed by atoms with Crippen LogP contribution in [0.1, 0.15) is 81.9 Å². The van der Waals surface area contributed by atoms with Gasteiger partial charge in [0, 0.05) is 43.5 Å². The van der Waals surface area contributed by atoms with Gasteiger partial charge in [0.15, 0.2) is 8.32 Å². The van der Waals surface area contributed by atoms with Crippen molar-refractivity contribution in [3.63, 3.8) is 0 Å². The molecule has 2 aliphatic carbocycles. The standard InChI is InChI=1S/C40H55ClN2O5Si/c1-39(2,3)49(6,7)48-35-12-8-9-20-42(4)37(44)23-32(38(45)46-5)27-14-18-36-34(22-27)43(24-29-13-16-31(29)35)25-40(26-47-36)19-10-11-28-21-30(41)15-17-33(28)40/h8,12,14-15,17-18,21-22,29,31-32,35H,9-11,13,16,19-20,23-26H2,1-7H3/b12-8-/t29-,31+,32-,35-,40-/m0/s1. The highest BCUT2D eigenvalue weighted by atomic mass is 35.5. The van der Waals surface area contributed by atoms with Crippen molar-refractivity contribution in [2.75, 3.05) is 45.3 Å². The Hall–Kier alpha value is -2.81. The molecule has 0 N–H and O–H groups in total. The number of amides is 1. The van der Waals surface area contributed by atoms with Gasteiger partial charge in [-0.2, -0.15) is 0 Å². The number of rotatable bonds is 3. The van der Waals surface area contributed by atoms with E-state index >= 15 is 0 Å². The van der Waals surface area contributed by atoms with E-state index in [4.69, 9.17) is 25.5 Å². The third-order valence-electron chi connectivity index (χ3n) is 12.3. The highest BCUT2D eigenvalue weighted by Crippen LogP contribution is 2.48. The van der Waals surface area contributed by atoms with Crippen LogP contribution < -0.4 is 9.64 Å². The average molecular weight is 707 g/mol. The Labute approximate surface area is 299 Å². The molecule has 7 nitrogen and oxygen atoms in total. The van der Waals surface area contributed by atoms with Gasteiger partial charge in [-0.3, -0.25) is 9.59 Å². The first-order chi connectivity index (χ1) is 23.2. The van der Waals surface area contributed by atoms with Crippen LogP contribution in [-0.2, 0) is 30.6 Å². The molecule has 4 aliphatic rings. The van der Waals surface area contributed by atoms with E-state index in [0.29, 0.717) is 25.0 Å². The van der Waals surface area contributed by atoms with Crippen molar-refractivity contribution in [2.24, 2.45) is 11.8 Å².